The van der Waals surface area contributed by atoms with Crippen LogP contribution in [0.2, 0.25) is 0 Å². The zero-order valence-electron chi connectivity index (χ0n) is 42.4. The van der Waals surface area contributed by atoms with Crippen LogP contribution in [0.25, 0.3) is 0 Å². The number of unbranched alkanes of at least 4 members (excludes halogenated alkanes) is 15. The molecule has 0 heterocycles. The minimum Gasteiger partial charge on any atom is -0.462 e. The van der Waals surface area contributed by atoms with Crippen molar-refractivity contribution in [3.63, 3.8) is 0 Å². The van der Waals surface area contributed by atoms with Gasteiger partial charge in [-0.2, -0.15) is 0 Å². The van der Waals surface area contributed by atoms with E-state index in [0.717, 1.165) is 96.3 Å². The van der Waals surface area contributed by atoms with Crippen LogP contribution in [0.15, 0.2) is 122 Å². The Morgan fingerprint density at radius 3 is 0.924 bits per heavy atom. The van der Waals surface area contributed by atoms with Crippen LogP contribution < -0.4 is 0 Å². The third-order valence-corrected chi connectivity index (χ3v) is 10.7. The number of carbonyl (C=O) groups is 3. The van der Waals surface area contributed by atoms with Crippen molar-refractivity contribution < 1.29 is 28.6 Å². The molecule has 66 heavy (non-hydrogen) atoms. The van der Waals surface area contributed by atoms with Crippen molar-refractivity contribution in [2.45, 2.75) is 226 Å². The summed E-state index contributed by atoms with van der Waals surface area (Å²) in [5, 5.41) is 0. The van der Waals surface area contributed by atoms with Gasteiger partial charge in [0.1, 0.15) is 13.2 Å². The molecule has 1 atom stereocenters. The molecule has 0 amide bonds. The Kier molecular flexibility index (Phi) is 50.0. The fraction of sp³-hybridized carbons (Fsp3) is 0.617. The van der Waals surface area contributed by atoms with E-state index >= 15 is 0 Å². The molecular formula is C60H96O6. The first-order chi connectivity index (χ1) is 32.5. The summed E-state index contributed by atoms with van der Waals surface area (Å²) in [6.45, 7) is 6.30. The third kappa shape index (κ3) is 50.8. The summed E-state index contributed by atoms with van der Waals surface area (Å²) in [4.78, 5) is 38.0. The van der Waals surface area contributed by atoms with Gasteiger partial charge in [-0.3, -0.25) is 14.4 Å². The van der Waals surface area contributed by atoms with E-state index in [2.05, 4.69) is 142 Å². The van der Waals surface area contributed by atoms with E-state index in [-0.39, 0.29) is 44.0 Å². The normalized spacial score (nSPS) is 13.1. The van der Waals surface area contributed by atoms with Gasteiger partial charge in [0, 0.05) is 19.3 Å². The lowest BCUT2D eigenvalue weighted by Crippen LogP contribution is -2.30. The maximum Gasteiger partial charge on any atom is 0.306 e. The van der Waals surface area contributed by atoms with Crippen LogP contribution in [0.3, 0.4) is 0 Å². The monoisotopic (exact) mass is 913 g/mol. The molecule has 0 aliphatic carbocycles. The van der Waals surface area contributed by atoms with Crippen LogP contribution in [0.1, 0.15) is 220 Å². The van der Waals surface area contributed by atoms with Crippen molar-refractivity contribution in [2.24, 2.45) is 0 Å². The maximum absolute atomic E-state index is 12.8. The summed E-state index contributed by atoms with van der Waals surface area (Å²) in [5.41, 5.74) is 0. The molecule has 0 saturated carbocycles. The fourth-order valence-corrected chi connectivity index (χ4v) is 6.81. The first-order valence-corrected chi connectivity index (χ1v) is 26.5. The predicted molar refractivity (Wildman–Crippen MR) is 283 cm³/mol. The van der Waals surface area contributed by atoms with Gasteiger partial charge in [0.2, 0.25) is 0 Å². The number of esters is 3. The van der Waals surface area contributed by atoms with Crippen LogP contribution in [0.5, 0.6) is 0 Å². The molecule has 372 valence electrons. The van der Waals surface area contributed by atoms with Gasteiger partial charge in [0.05, 0.1) is 0 Å². The molecule has 0 radical (unpaired) electrons. The molecule has 0 aliphatic rings. The predicted octanol–water partition coefficient (Wildman–Crippen LogP) is 17.7. The number of hydrogen-bond acceptors (Lipinski definition) is 6. The molecule has 0 N–H and O–H groups in total. The topological polar surface area (TPSA) is 78.9 Å². The standard InChI is InChI=1S/C60H96O6/c1-4-7-10-13-16-19-22-25-28-30-32-35-38-41-44-47-50-53-59(62)65-56-57(55-64-58(61)52-49-46-43-40-37-34-27-24-21-18-15-12-9-6-3)66-60(63)54-51-48-45-42-39-36-33-31-29-26-23-20-17-14-11-8-5-2/h7-8,10-11,16-17,19-20,25-26,28-29,32-33,35-36,41-42,44-45,57H,4-6,9,12-15,18,21-24,27,30-31,34,37-40,43,46-56H2,1-3H3/b10-7+,11-8+,19-16+,20-17+,28-25+,29-26+,35-32+,36-33+,44-41+,45-42+/t57-/m1/s1. The molecule has 0 aromatic heterocycles. The number of rotatable bonds is 46. The molecule has 0 aromatic rings. The van der Waals surface area contributed by atoms with Crippen molar-refractivity contribution in [2.75, 3.05) is 13.2 Å². The second-order valence-electron chi connectivity index (χ2n) is 17.0. The van der Waals surface area contributed by atoms with E-state index < -0.39 is 6.10 Å². The van der Waals surface area contributed by atoms with Crippen LogP contribution in [-0.4, -0.2) is 37.2 Å². The average Bonchev–Trinajstić information content (AvgIpc) is 3.31. The highest BCUT2D eigenvalue weighted by Crippen LogP contribution is 2.14. The van der Waals surface area contributed by atoms with Gasteiger partial charge in [-0.05, 0) is 96.3 Å². The van der Waals surface area contributed by atoms with Gasteiger partial charge in [0.25, 0.3) is 0 Å². The lowest BCUT2D eigenvalue weighted by molar-refractivity contribution is -0.167. The lowest BCUT2D eigenvalue weighted by atomic mass is 10.0. The number of allylic oxidation sites excluding steroid dienone is 20. The van der Waals surface area contributed by atoms with Gasteiger partial charge in [0.15, 0.2) is 6.10 Å². The number of carbonyl (C=O) groups excluding carboxylic acids is 3. The van der Waals surface area contributed by atoms with E-state index in [1.807, 2.05) is 0 Å². The Morgan fingerprint density at radius 1 is 0.318 bits per heavy atom. The largest absolute Gasteiger partial charge is 0.462 e. The highest BCUT2D eigenvalue weighted by Gasteiger charge is 2.19. The minimum atomic E-state index is -0.832. The van der Waals surface area contributed by atoms with Crippen molar-refractivity contribution in [1.82, 2.24) is 0 Å². The highest BCUT2D eigenvalue weighted by atomic mass is 16.6. The zero-order chi connectivity index (χ0) is 47.9. The summed E-state index contributed by atoms with van der Waals surface area (Å²) in [6.07, 6.45) is 73.4. The van der Waals surface area contributed by atoms with Crippen molar-refractivity contribution in [3.8, 4) is 0 Å². The maximum atomic E-state index is 12.8. The molecular weight excluding hydrogens is 817 g/mol. The van der Waals surface area contributed by atoms with Crippen LogP contribution >= 0.6 is 0 Å². The fourth-order valence-electron chi connectivity index (χ4n) is 6.81. The summed E-state index contributed by atoms with van der Waals surface area (Å²) >= 11 is 0. The molecule has 0 aromatic carbocycles. The Bertz CT molecular complexity index is 1420. The molecule has 0 saturated heterocycles. The SMILES string of the molecule is CC/C=C/C/C=C/C/C=C/C/C=C/C/C=C/CCCC(=O)OC[C@@H](COC(=O)CCCCCCCCCCCCCCCC)OC(=O)CCC/C=C/C/C=C/C/C=C/C/C=C/C/C=C/CC. The summed E-state index contributed by atoms with van der Waals surface area (Å²) < 4.78 is 16.7. The molecule has 6 heteroatoms. The first-order valence-electron chi connectivity index (χ1n) is 26.5. The molecule has 0 bridgehead atoms. The van der Waals surface area contributed by atoms with Crippen molar-refractivity contribution in [3.05, 3.63) is 122 Å². The second kappa shape index (κ2) is 53.4. The highest BCUT2D eigenvalue weighted by molar-refractivity contribution is 5.71. The molecule has 6 nitrogen and oxygen atoms in total. The number of hydrogen-bond donors (Lipinski definition) is 0. The minimum absolute atomic E-state index is 0.120. The van der Waals surface area contributed by atoms with Crippen LogP contribution in [0, 0.1) is 0 Å². The van der Waals surface area contributed by atoms with Crippen LogP contribution in [-0.2, 0) is 28.6 Å². The number of ether oxygens (including phenoxy) is 3. The molecule has 0 rings (SSSR count). The summed E-state index contributed by atoms with van der Waals surface area (Å²) in [6, 6.07) is 0. The van der Waals surface area contributed by atoms with E-state index in [0.29, 0.717) is 19.3 Å². The van der Waals surface area contributed by atoms with E-state index in [9.17, 15) is 14.4 Å². The Balaban J connectivity index is 4.59. The average molecular weight is 913 g/mol. The van der Waals surface area contributed by atoms with Crippen molar-refractivity contribution >= 4 is 17.9 Å². The van der Waals surface area contributed by atoms with Crippen molar-refractivity contribution in [1.29, 1.82) is 0 Å². The molecule has 0 fully saturated rings. The first kappa shape index (κ1) is 61.8. The Labute approximate surface area is 405 Å². The molecule has 0 aliphatic heterocycles. The van der Waals surface area contributed by atoms with Gasteiger partial charge >= 0.3 is 17.9 Å². The van der Waals surface area contributed by atoms with Gasteiger partial charge in [-0.25, -0.2) is 0 Å². The Morgan fingerprint density at radius 2 is 0.591 bits per heavy atom. The second-order valence-corrected chi connectivity index (χ2v) is 17.0. The lowest BCUT2D eigenvalue weighted by Gasteiger charge is -2.18. The van der Waals surface area contributed by atoms with E-state index in [4.69, 9.17) is 14.2 Å². The quantitative estimate of drug-likeness (QED) is 0.0262. The summed E-state index contributed by atoms with van der Waals surface area (Å²) in [7, 11) is 0. The van der Waals surface area contributed by atoms with E-state index in [1.54, 1.807) is 0 Å². The Hall–Kier alpha value is -4.19. The van der Waals surface area contributed by atoms with Crippen LogP contribution in [0.4, 0.5) is 0 Å². The third-order valence-electron chi connectivity index (χ3n) is 10.7. The van der Waals surface area contributed by atoms with Gasteiger partial charge in [-0.1, -0.05) is 226 Å². The molecule has 0 unspecified atom stereocenters. The van der Waals surface area contributed by atoms with Gasteiger partial charge < -0.3 is 14.2 Å². The molecule has 0 spiro atoms. The summed E-state index contributed by atoms with van der Waals surface area (Å²) in [5.74, 6) is -1.04. The zero-order valence-corrected chi connectivity index (χ0v) is 42.4. The van der Waals surface area contributed by atoms with Gasteiger partial charge in [-0.15, -0.1) is 0 Å². The smallest absolute Gasteiger partial charge is 0.306 e. The van der Waals surface area contributed by atoms with E-state index in [1.165, 1.54) is 70.6 Å².